The molecule has 0 unspecified atom stereocenters. The van der Waals surface area contributed by atoms with E-state index in [-0.39, 0.29) is 18.9 Å². The van der Waals surface area contributed by atoms with Gasteiger partial charge in [-0.3, -0.25) is 0 Å². The van der Waals surface area contributed by atoms with Gasteiger partial charge in [-0.2, -0.15) is 0 Å². The molecule has 0 bridgehead atoms. The van der Waals surface area contributed by atoms with Gasteiger partial charge in [-0.1, -0.05) is 77.9 Å². The predicted octanol–water partition coefficient (Wildman–Crippen LogP) is 1.74. The van der Waals surface area contributed by atoms with Crippen LogP contribution in [0, 0.1) is 6.04 Å². The molecule has 0 aromatic heterocycles. The van der Waals surface area contributed by atoms with Crippen molar-refractivity contribution in [2.24, 2.45) is 4.99 Å². The monoisotopic (exact) mass is 277 g/mol. The molecule has 0 N–H and O–H groups in total. The molecule has 0 amide bonds. The summed E-state index contributed by atoms with van der Waals surface area (Å²) in [6.07, 6.45) is 1.91. The van der Waals surface area contributed by atoms with Crippen LogP contribution in [0.1, 0.15) is 16.7 Å². The maximum absolute atomic E-state index is 4.73. The Bertz CT molecular complexity index is 654. The average molecular weight is 277 g/mol. The molecule has 0 radical (unpaired) electrons. The summed E-state index contributed by atoms with van der Waals surface area (Å²) >= 11 is 0. The number of hydrogen-bond acceptors (Lipinski definition) is 1. The van der Waals surface area contributed by atoms with Gasteiger partial charge in [0.1, 0.15) is 0 Å². The first-order valence-corrected chi connectivity index (χ1v) is 7.00. The molecule has 0 heterocycles. The Morgan fingerprint density at radius 1 is 0.591 bits per heavy atom. The zero-order chi connectivity index (χ0) is 14.3. The van der Waals surface area contributed by atoms with Crippen LogP contribution in [0.3, 0.4) is 0 Å². The number of rotatable bonds is 4. The molecule has 0 saturated heterocycles. The molecule has 0 aliphatic rings. The Kier molecular flexibility index (Phi) is 6.10. The molecule has 0 saturated carbocycles. The minimum atomic E-state index is 0. The second kappa shape index (κ2) is 8.29. The SMILES string of the molecule is C(=N[C-](c1ccccc1)c1ccccc1)c1ccccc1.[Li+]. The summed E-state index contributed by atoms with van der Waals surface area (Å²) in [5.74, 6) is 0. The summed E-state index contributed by atoms with van der Waals surface area (Å²) in [6, 6.07) is 31.7. The van der Waals surface area contributed by atoms with Crippen molar-refractivity contribution in [3.63, 3.8) is 0 Å². The van der Waals surface area contributed by atoms with Crippen molar-refractivity contribution >= 4 is 6.21 Å². The Labute approximate surface area is 143 Å². The fourth-order valence-corrected chi connectivity index (χ4v) is 2.19. The largest absolute Gasteiger partial charge is 1.00 e. The van der Waals surface area contributed by atoms with Crippen LogP contribution in [-0.4, -0.2) is 6.21 Å². The molecule has 1 nitrogen and oxygen atoms in total. The molecule has 0 fully saturated rings. The van der Waals surface area contributed by atoms with E-state index in [9.17, 15) is 0 Å². The number of aliphatic imine (C=N–C) groups is 1. The number of benzene rings is 3. The average Bonchev–Trinajstić information content (AvgIpc) is 2.58. The Balaban J connectivity index is 0.00000176. The molecule has 0 aliphatic carbocycles. The van der Waals surface area contributed by atoms with Crippen molar-refractivity contribution in [1.82, 2.24) is 0 Å². The van der Waals surface area contributed by atoms with Gasteiger partial charge in [0.2, 0.25) is 0 Å². The van der Waals surface area contributed by atoms with Gasteiger partial charge in [0.15, 0.2) is 0 Å². The van der Waals surface area contributed by atoms with Crippen molar-refractivity contribution in [1.29, 1.82) is 0 Å². The zero-order valence-electron chi connectivity index (χ0n) is 12.7. The Morgan fingerprint density at radius 3 is 1.45 bits per heavy atom. The predicted molar refractivity (Wildman–Crippen MR) is 88.4 cm³/mol. The molecular weight excluding hydrogens is 261 g/mol. The van der Waals surface area contributed by atoms with Crippen molar-refractivity contribution in [2.75, 3.05) is 0 Å². The molecule has 0 spiro atoms. The fraction of sp³-hybridized carbons (Fsp3) is 0. The first-order valence-electron chi connectivity index (χ1n) is 7.00. The summed E-state index contributed by atoms with van der Waals surface area (Å²) in [5, 5.41) is 0. The van der Waals surface area contributed by atoms with Gasteiger partial charge >= 0.3 is 18.9 Å². The summed E-state index contributed by atoms with van der Waals surface area (Å²) in [7, 11) is 0. The maximum atomic E-state index is 4.73. The molecule has 0 aliphatic heterocycles. The quantitative estimate of drug-likeness (QED) is 0.391. The van der Waals surface area contributed by atoms with Gasteiger partial charge < -0.3 is 4.99 Å². The molecule has 22 heavy (non-hydrogen) atoms. The minimum Gasteiger partial charge on any atom is -0.320 e. The Morgan fingerprint density at radius 2 is 1.00 bits per heavy atom. The second-order valence-electron chi connectivity index (χ2n) is 4.75. The van der Waals surface area contributed by atoms with Gasteiger partial charge in [0, 0.05) is 6.04 Å². The second-order valence-corrected chi connectivity index (χ2v) is 4.75. The van der Waals surface area contributed by atoms with E-state index in [1.165, 1.54) is 0 Å². The van der Waals surface area contributed by atoms with Crippen LogP contribution < -0.4 is 18.9 Å². The molecule has 3 rings (SSSR count). The molecule has 2 heteroatoms. The van der Waals surface area contributed by atoms with Crippen molar-refractivity contribution in [3.8, 4) is 0 Å². The first kappa shape index (κ1) is 16.2. The molecular formula is C20H16LiN. The van der Waals surface area contributed by atoms with E-state index in [0.717, 1.165) is 22.7 Å². The van der Waals surface area contributed by atoms with Crippen LogP contribution in [-0.2, 0) is 0 Å². The van der Waals surface area contributed by atoms with Crippen LogP contribution in [0.2, 0.25) is 0 Å². The van der Waals surface area contributed by atoms with E-state index in [1.807, 2.05) is 60.8 Å². The summed E-state index contributed by atoms with van der Waals surface area (Å²) < 4.78 is 0. The van der Waals surface area contributed by atoms with Gasteiger partial charge in [-0.05, 0) is 11.8 Å². The normalized spacial score (nSPS) is 10.2. The van der Waals surface area contributed by atoms with E-state index in [0.29, 0.717) is 0 Å². The van der Waals surface area contributed by atoms with Crippen LogP contribution in [0.4, 0.5) is 0 Å². The summed E-state index contributed by atoms with van der Waals surface area (Å²) in [4.78, 5) is 4.73. The summed E-state index contributed by atoms with van der Waals surface area (Å²) in [6.45, 7) is 0. The third-order valence-electron chi connectivity index (χ3n) is 3.24. The van der Waals surface area contributed by atoms with Crippen molar-refractivity contribution < 1.29 is 18.9 Å². The van der Waals surface area contributed by atoms with E-state index in [1.54, 1.807) is 0 Å². The number of hydrogen-bond donors (Lipinski definition) is 0. The fourth-order valence-electron chi connectivity index (χ4n) is 2.19. The molecule has 102 valence electrons. The van der Waals surface area contributed by atoms with Gasteiger partial charge in [-0.15, -0.1) is 24.3 Å². The third kappa shape index (κ3) is 4.15. The van der Waals surface area contributed by atoms with Crippen LogP contribution in [0.25, 0.3) is 0 Å². The van der Waals surface area contributed by atoms with E-state index in [4.69, 9.17) is 4.99 Å². The standard InChI is InChI=1S/C20H16N.Li/c1-4-10-17(11-5-1)16-21-20(18-12-6-2-7-13-18)19-14-8-3-9-15-19;/h1-16H;/q-1;+1. The zero-order valence-corrected chi connectivity index (χ0v) is 12.7. The van der Waals surface area contributed by atoms with Crippen molar-refractivity contribution in [2.45, 2.75) is 0 Å². The van der Waals surface area contributed by atoms with E-state index < -0.39 is 0 Å². The maximum Gasteiger partial charge on any atom is 1.00 e. The Hall–Kier alpha value is -2.20. The van der Waals surface area contributed by atoms with E-state index >= 15 is 0 Å². The third-order valence-corrected chi connectivity index (χ3v) is 3.24. The van der Waals surface area contributed by atoms with Crippen LogP contribution in [0.5, 0.6) is 0 Å². The minimum absolute atomic E-state index is 0. The molecule has 3 aromatic rings. The van der Waals surface area contributed by atoms with Gasteiger partial charge in [-0.25, -0.2) is 0 Å². The van der Waals surface area contributed by atoms with Crippen LogP contribution >= 0.6 is 0 Å². The van der Waals surface area contributed by atoms with Crippen molar-refractivity contribution in [3.05, 3.63) is 114 Å². The molecule has 3 aromatic carbocycles. The molecule has 0 atom stereocenters. The summed E-state index contributed by atoms with van der Waals surface area (Å²) in [5.41, 5.74) is 3.34. The topological polar surface area (TPSA) is 12.4 Å². The van der Waals surface area contributed by atoms with Gasteiger partial charge in [0.25, 0.3) is 0 Å². The number of nitrogens with zero attached hydrogens (tertiary/aromatic N) is 1. The van der Waals surface area contributed by atoms with E-state index in [2.05, 4.69) is 36.4 Å². The van der Waals surface area contributed by atoms with Crippen LogP contribution in [0.15, 0.2) is 96.0 Å². The smallest absolute Gasteiger partial charge is 0.320 e. The van der Waals surface area contributed by atoms with Gasteiger partial charge in [0.05, 0.1) is 0 Å². The first-order chi connectivity index (χ1) is 10.4.